The summed E-state index contributed by atoms with van der Waals surface area (Å²) in [6.45, 7) is 0.262. The van der Waals surface area contributed by atoms with E-state index in [1.165, 1.54) is 27.6 Å². The number of pyridine rings is 1. The van der Waals surface area contributed by atoms with Gasteiger partial charge in [0.05, 0.1) is 37.2 Å². The zero-order valence-electron chi connectivity index (χ0n) is 17.3. The lowest BCUT2D eigenvalue weighted by Crippen LogP contribution is -2.35. The Bertz CT molecular complexity index is 1320. The zero-order valence-corrected chi connectivity index (χ0v) is 18.2. The Balaban J connectivity index is 1.32. The fourth-order valence-corrected chi connectivity index (χ4v) is 4.21. The van der Waals surface area contributed by atoms with Crippen molar-refractivity contribution in [2.75, 3.05) is 7.11 Å². The SMILES string of the molecule is COc1ccc(C2(NC(=O)c3[nH]ncc3-c3cn(Cc4nc(C(=O)O)cs4)nn3)CC2)cn1. The quantitative estimate of drug-likeness (QED) is 0.351. The smallest absolute Gasteiger partial charge is 0.355 e. The van der Waals surface area contributed by atoms with Gasteiger partial charge in [-0.1, -0.05) is 5.21 Å². The minimum atomic E-state index is -1.08. The molecule has 0 radical (unpaired) electrons. The van der Waals surface area contributed by atoms with Crippen LogP contribution in [0.4, 0.5) is 0 Å². The van der Waals surface area contributed by atoms with Crippen LogP contribution in [-0.2, 0) is 12.1 Å². The molecule has 4 aromatic rings. The molecule has 5 rings (SSSR count). The second-order valence-corrected chi connectivity index (χ2v) is 8.46. The van der Waals surface area contributed by atoms with Gasteiger partial charge in [0.2, 0.25) is 5.88 Å². The van der Waals surface area contributed by atoms with E-state index in [0.717, 1.165) is 18.4 Å². The van der Waals surface area contributed by atoms with Gasteiger partial charge in [-0.15, -0.1) is 16.4 Å². The molecule has 12 nitrogen and oxygen atoms in total. The number of aromatic carboxylic acids is 1. The van der Waals surface area contributed by atoms with E-state index in [0.29, 0.717) is 22.1 Å². The van der Waals surface area contributed by atoms with Crippen LogP contribution in [0.25, 0.3) is 11.3 Å². The number of rotatable bonds is 8. The Kier molecular flexibility index (Phi) is 5.09. The summed E-state index contributed by atoms with van der Waals surface area (Å²) in [6, 6.07) is 3.66. The number of thiazole rings is 1. The molecule has 33 heavy (non-hydrogen) atoms. The van der Waals surface area contributed by atoms with Crippen molar-refractivity contribution in [3.8, 4) is 17.1 Å². The number of carbonyl (C=O) groups is 2. The first-order valence-corrected chi connectivity index (χ1v) is 10.8. The number of hydrogen-bond donors (Lipinski definition) is 3. The first-order valence-electron chi connectivity index (χ1n) is 9.92. The van der Waals surface area contributed by atoms with E-state index >= 15 is 0 Å². The van der Waals surface area contributed by atoms with Crippen molar-refractivity contribution >= 4 is 23.2 Å². The lowest BCUT2D eigenvalue weighted by atomic mass is 10.1. The number of methoxy groups -OCH3 is 1. The van der Waals surface area contributed by atoms with E-state index in [1.54, 1.807) is 25.6 Å². The van der Waals surface area contributed by atoms with Crippen molar-refractivity contribution in [2.45, 2.75) is 24.9 Å². The molecule has 0 spiro atoms. The maximum absolute atomic E-state index is 13.1. The molecular weight excluding hydrogens is 448 g/mol. The standard InChI is InChI=1S/C20H18N8O4S/c1-32-15-3-2-11(6-21-15)20(4-5-20)24-18(29)17-12(7-22-26-17)13-8-28(27-25-13)9-16-23-14(10-33-16)19(30)31/h2-3,6-8,10H,4-5,9H2,1H3,(H,22,26)(H,24,29)(H,30,31). The average Bonchev–Trinajstić information content (AvgIpc) is 3.23. The van der Waals surface area contributed by atoms with Gasteiger partial charge >= 0.3 is 5.97 Å². The van der Waals surface area contributed by atoms with Gasteiger partial charge in [-0.2, -0.15) is 5.10 Å². The number of aromatic nitrogens is 7. The third-order valence-electron chi connectivity index (χ3n) is 5.35. The van der Waals surface area contributed by atoms with E-state index in [4.69, 9.17) is 9.84 Å². The maximum Gasteiger partial charge on any atom is 0.355 e. The maximum atomic E-state index is 13.1. The fourth-order valence-electron chi connectivity index (χ4n) is 3.45. The Morgan fingerprint density at radius 1 is 1.33 bits per heavy atom. The summed E-state index contributed by atoms with van der Waals surface area (Å²) in [5.74, 6) is -0.877. The number of hydrogen-bond acceptors (Lipinski definition) is 9. The molecular formula is C20H18N8O4S. The predicted molar refractivity (Wildman–Crippen MR) is 115 cm³/mol. The molecule has 0 saturated heterocycles. The van der Waals surface area contributed by atoms with Gasteiger partial charge in [0, 0.05) is 17.6 Å². The summed E-state index contributed by atoms with van der Waals surface area (Å²) in [5.41, 5.74) is 1.67. The van der Waals surface area contributed by atoms with Crippen LogP contribution in [0.2, 0.25) is 0 Å². The molecule has 3 N–H and O–H groups in total. The normalized spacial score (nSPS) is 14.1. The highest BCUT2D eigenvalue weighted by Gasteiger charge is 2.46. The Morgan fingerprint density at radius 2 is 2.18 bits per heavy atom. The molecule has 4 aromatic heterocycles. The molecule has 1 aliphatic rings. The van der Waals surface area contributed by atoms with Crippen LogP contribution in [0.3, 0.4) is 0 Å². The molecule has 0 aliphatic heterocycles. The molecule has 168 valence electrons. The highest BCUT2D eigenvalue weighted by atomic mass is 32.1. The molecule has 1 fully saturated rings. The average molecular weight is 466 g/mol. The summed E-state index contributed by atoms with van der Waals surface area (Å²) < 4.78 is 6.63. The van der Waals surface area contributed by atoms with Crippen molar-refractivity contribution in [1.82, 2.24) is 40.5 Å². The topological polar surface area (TPSA) is 161 Å². The highest BCUT2D eigenvalue weighted by molar-refractivity contribution is 7.09. The van der Waals surface area contributed by atoms with E-state index < -0.39 is 11.5 Å². The predicted octanol–water partition coefficient (Wildman–Crippen LogP) is 1.69. The van der Waals surface area contributed by atoms with Crippen molar-refractivity contribution in [3.05, 3.63) is 58.1 Å². The van der Waals surface area contributed by atoms with Crippen LogP contribution < -0.4 is 10.1 Å². The number of aromatic amines is 1. The largest absolute Gasteiger partial charge is 0.481 e. The minimum Gasteiger partial charge on any atom is -0.481 e. The van der Waals surface area contributed by atoms with Gasteiger partial charge in [0.1, 0.15) is 16.4 Å². The van der Waals surface area contributed by atoms with E-state index in [1.807, 2.05) is 6.07 Å². The van der Waals surface area contributed by atoms with Crippen LogP contribution in [0.1, 0.15) is 44.4 Å². The number of carbonyl (C=O) groups excluding carboxylic acids is 1. The minimum absolute atomic E-state index is 0.00908. The number of H-pyrrole nitrogens is 1. The number of nitrogens with zero attached hydrogens (tertiary/aromatic N) is 6. The van der Waals surface area contributed by atoms with Crippen LogP contribution in [0.5, 0.6) is 5.88 Å². The second kappa shape index (κ2) is 8.09. The molecule has 13 heteroatoms. The van der Waals surface area contributed by atoms with Crippen molar-refractivity contribution in [3.63, 3.8) is 0 Å². The lowest BCUT2D eigenvalue weighted by molar-refractivity contribution is 0.0690. The third kappa shape index (κ3) is 4.05. The number of carboxylic acid groups (broad SMARTS) is 1. The van der Waals surface area contributed by atoms with E-state index in [2.05, 4.69) is 35.8 Å². The van der Waals surface area contributed by atoms with Crippen molar-refractivity contribution in [1.29, 1.82) is 0 Å². The number of nitrogens with one attached hydrogen (secondary N) is 2. The molecule has 4 heterocycles. The molecule has 0 bridgehead atoms. The van der Waals surface area contributed by atoms with Gasteiger partial charge in [0.15, 0.2) is 5.69 Å². The van der Waals surface area contributed by atoms with Gasteiger partial charge in [0.25, 0.3) is 5.91 Å². The number of carboxylic acids is 1. The molecule has 0 atom stereocenters. The van der Waals surface area contributed by atoms with Gasteiger partial charge in [-0.25, -0.2) is 19.4 Å². The summed E-state index contributed by atoms with van der Waals surface area (Å²) in [4.78, 5) is 32.4. The molecule has 1 aliphatic carbocycles. The van der Waals surface area contributed by atoms with Crippen LogP contribution in [0.15, 0.2) is 36.1 Å². The lowest BCUT2D eigenvalue weighted by Gasteiger charge is -2.17. The van der Waals surface area contributed by atoms with Crippen LogP contribution >= 0.6 is 11.3 Å². The van der Waals surface area contributed by atoms with Crippen LogP contribution in [-0.4, -0.2) is 59.3 Å². The van der Waals surface area contributed by atoms with E-state index in [9.17, 15) is 9.59 Å². The number of amides is 1. The Morgan fingerprint density at radius 3 is 2.85 bits per heavy atom. The summed E-state index contributed by atoms with van der Waals surface area (Å²) >= 11 is 1.22. The monoisotopic (exact) mass is 466 g/mol. The van der Waals surface area contributed by atoms with E-state index in [-0.39, 0.29) is 23.8 Å². The third-order valence-corrected chi connectivity index (χ3v) is 6.18. The molecule has 1 amide bonds. The Hall–Kier alpha value is -4.13. The van der Waals surface area contributed by atoms with Crippen molar-refractivity contribution in [2.24, 2.45) is 0 Å². The molecule has 1 saturated carbocycles. The zero-order chi connectivity index (χ0) is 23.0. The first kappa shape index (κ1) is 20.8. The van der Waals surface area contributed by atoms with Gasteiger partial charge in [-0.05, 0) is 24.5 Å². The van der Waals surface area contributed by atoms with Gasteiger partial charge in [-0.3, -0.25) is 9.89 Å². The summed E-state index contributed by atoms with van der Waals surface area (Å²) in [6.07, 6.45) is 6.49. The number of ether oxygens (including phenoxy) is 1. The van der Waals surface area contributed by atoms with Crippen LogP contribution in [0, 0.1) is 0 Å². The summed E-state index contributed by atoms with van der Waals surface area (Å²) in [7, 11) is 1.55. The molecule has 0 unspecified atom stereocenters. The summed E-state index contributed by atoms with van der Waals surface area (Å²) in [5, 5.41) is 29.1. The molecule has 0 aromatic carbocycles. The highest BCUT2D eigenvalue weighted by Crippen LogP contribution is 2.45. The van der Waals surface area contributed by atoms with Crippen molar-refractivity contribution < 1.29 is 19.4 Å². The first-order chi connectivity index (χ1) is 16.0. The fraction of sp³-hybridized carbons (Fsp3) is 0.250. The Labute approximate surface area is 190 Å². The van der Waals surface area contributed by atoms with Gasteiger partial charge < -0.3 is 15.2 Å². The second-order valence-electron chi connectivity index (χ2n) is 7.52.